The Balaban J connectivity index is 2.20. The Bertz CT molecular complexity index is 942. The monoisotopic (exact) mass is 300 g/mol. The largest absolute Gasteiger partial charge is 0.368 e. The quantitative estimate of drug-likeness (QED) is 0.764. The fraction of sp³-hybridized carbons (Fsp3) is 0.133. The summed E-state index contributed by atoms with van der Waals surface area (Å²) >= 11 is 0. The highest BCUT2D eigenvalue weighted by Crippen LogP contribution is 2.25. The molecule has 6 nitrogen and oxygen atoms in total. The van der Waals surface area contributed by atoms with Gasteiger partial charge in [0.15, 0.2) is 5.65 Å². The van der Waals surface area contributed by atoms with Crippen LogP contribution in [0.2, 0.25) is 0 Å². The van der Waals surface area contributed by atoms with Crippen molar-refractivity contribution < 1.29 is 9.18 Å². The number of rotatable bonds is 3. The van der Waals surface area contributed by atoms with Crippen molar-refractivity contribution in [3.05, 3.63) is 52.3 Å². The van der Waals surface area contributed by atoms with Crippen molar-refractivity contribution >= 4 is 17.1 Å². The van der Waals surface area contributed by atoms with E-state index in [0.717, 1.165) is 16.7 Å². The molecule has 0 aliphatic carbocycles. The van der Waals surface area contributed by atoms with Crippen LogP contribution in [0.25, 0.3) is 22.3 Å². The third kappa shape index (κ3) is 2.37. The second kappa shape index (κ2) is 5.10. The Morgan fingerprint density at radius 1 is 1.41 bits per heavy atom. The summed E-state index contributed by atoms with van der Waals surface area (Å²) in [6.07, 6.45) is 1.59. The molecule has 0 bridgehead atoms. The van der Waals surface area contributed by atoms with Crippen LogP contribution < -0.4 is 11.4 Å². The van der Waals surface area contributed by atoms with Gasteiger partial charge in [0.1, 0.15) is 12.4 Å². The summed E-state index contributed by atoms with van der Waals surface area (Å²) in [6.45, 7) is 1.56. The van der Waals surface area contributed by atoms with E-state index in [1.54, 1.807) is 25.3 Å². The number of carbonyl (C=O) groups excluding carboxylic acids is 1. The average Bonchev–Trinajstić information content (AvgIpc) is 2.74. The van der Waals surface area contributed by atoms with Crippen molar-refractivity contribution in [2.75, 3.05) is 0 Å². The lowest BCUT2D eigenvalue weighted by Crippen LogP contribution is -2.26. The number of primary amides is 1. The van der Waals surface area contributed by atoms with Gasteiger partial charge in [0, 0.05) is 11.8 Å². The Labute approximate surface area is 124 Å². The molecule has 22 heavy (non-hydrogen) atoms. The Morgan fingerprint density at radius 2 is 2.18 bits per heavy atom. The van der Waals surface area contributed by atoms with E-state index in [4.69, 9.17) is 5.73 Å². The molecule has 1 aromatic carbocycles. The number of hydrogen-bond acceptors (Lipinski definition) is 3. The van der Waals surface area contributed by atoms with Crippen molar-refractivity contribution in [3.8, 4) is 11.1 Å². The first kappa shape index (κ1) is 14.0. The molecule has 3 rings (SSSR count). The third-order valence-electron chi connectivity index (χ3n) is 3.44. The van der Waals surface area contributed by atoms with Crippen LogP contribution in [0.1, 0.15) is 5.56 Å². The Morgan fingerprint density at radius 3 is 2.86 bits per heavy atom. The second-order valence-corrected chi connectivity index (χ2v) is 5.03. The zero-order chi connectivity index (χ0) is 15.9. The number of H-pyrrole nitrogens is 1. The van der Waals surface area contributed by atoms with Gasteiger partial charge in [0.05, 0.1) is 5.52 Å². The van der Waals surface area contributed by atoms with Crippen LogP contribution in [0.4, 0.5) is 4.39 Å². The van der Waals surface area contributed by atoms with Crippen LogP contribution in [0, 0.1) is 12.7 Å². The van der Waals surface area contributed by atoms with Crippen LogP contribution in [-0.2, 0) is 11.3 Å². The zero-order valence-corrected chi connectivity index (χ0v) is 11.8. The molecular weight excluding hydrogens is 287 g/mol. The van der Waals surface area contributed by atoms with Gasteiger partial charge in [-0.1, -0.05) is 6.07 Å². The van der Waals surface area contributed by atoms with Crippen molar-refractivity contribution in [1.82, 2.24) is 14.5 Å². The molecule has 0 saturated heterocycles. The molecule has 112 valence electrons. The molecule has 0 unspecified atom stereocenters. The first-order valence-corrected chi connectivity index (χ1v) is 6.59. The number of benzene rings is 1. The molecule has 0 aliphatic rings. The summed E-state index contributed by atoms with van der Waals surface area (Å²) in [4.78, 5) is 29.7. The van der Waals surface area contributed by atoms with E-state index < -0.39 is 11.6 Å². The lowest BCUT2D eigenvalue weighted by Gasteiger charge is -2.07. The van der Waals surface area contributed by atoms with E-state index in [9.17, 15) is 14.0 Å². The smallest absolute Gasteiger partial charge is 0.328 e. The van der Waals surface area contributed by atoms with Crippen LogP contribution in [0.3, 0.4) is 0 Å². The number of fused-ring (bicyclic) bond motifs is 1. The van der Waals surface area contributed by atoms with E-state index in [1.165, 1.54) is 16.7 Å². The normalized spacial score (nSPS) is 11.0. The topological polar surface area (TPSA) is 93.8 Å². The fourth-order valence-corrected chi connectivity index (χ4v) is 2.44. The molecule has 2 heterocycles. The van der Waals surface area contributed by atoms with Gasteiger partial charge >= 0.3 is 5.69 Å². The van der Waals surface area contributed by atoms with Crippen molar-refractivity contribution in [3.63, 3.8) is 0 Å². The number of nitrogens with one attached hydrogen (secondary N) is 1. The Kier molecular flexibility index (Phi) is 3.25. The minimum absolute atomic E-state index is 0.230. The molecule has 3 N–H and O–H groups in total. The maximum Gasteiger partial charge on any atom is 0.328 e. The van der Waals surface area contributed by atoms with Gasteiger partial charge in [-0.05, 0) is 36.2 Å². The molecule has 3 aromatic rings. The number of nitrogens with two attached hydrogens (primary N) is 1. The standard InChI is InChI=1S/C15H13FN4O2/c1-8-4-10(16)2-3-11(8)9-5-12-14(18-6-9)19-15(22)20(12)7-13(17)21/h2-6H,7H2,1H3,(H2,17,21)(H,18,19,22). The van der Waals surface area contributed by atoms with Crippen LogP contribution in [0.5, 0.6) is 0 Å². The highest BCUT2D eigenvalue weighted by Gasteiger charge is 2.12. The number of aromatic nitrogens is 3. The summed E-state index contributed by atoms with van der Waals surface area (Å²) in [6, 6.07) is 6.16. The molecular formula is C15H13FN4O2. The summed E-state index contributed by atoms with van der Waals surface area (Å²) in [5, 5.41) is 0. The molecule has 0 fully saturated rings. The predicted molar refractivity (Wildman–Crippen MR) is 79.7 cm³/mol. The minimum Gasteiger partial charge on any atom is -0.368 e. The fourth-order valence-electron chi connectivity index (χ4n) is 2.44. The lowest BCUT2D eigenvalue weighted by atomic mass is 10.0. The lowest BCUT2D eigenvalue weighted by molar-refractivity contribution is -0.118. The Hall–Kier alpha value is -2.96. The molecule has 1 amide bonds. The molecule has 0 saturated carbocycles. The van der Waals surface area contributed by atoms with Gasteiger partial charge in [-0.15, -0.1) is 0 Å². The molecule has 0 atom stereocenters. The van der Waals surface area contributed by atoms with Gasteiger partial charge in [-0.25, -0.2) is 14.2 Å². The van der Waals surface area contributed by atoms with E-state index in [1.807, 2.05) is 0 Å². The number of hydrogen-bond donors (Lipinski definition) is 2. The molecule has 7 heteroatoms. The number of carbonyl (C=O) groups is 1. The zero-order valence-electron chi connectivity index (χ0n) is 11.8. The highest BCUT2D eigenvalue weighted by molar-refractivity contribution is 5.81. The number of imidazole rings is 1. The number of nitrogens with zero attached hydrogens (tertiary/aromatic N) is 2. The highest BCUT2D eigenvalue weighted by atomic mass is 19.1. The summed E-state index contributed by atoms with van der Waals surface area (Å²) in [5.74, 6) is -0.936. The summed E-state index contributed by atoms with van der Waals surface area (Å²) < 4.78 is 14.4. The first-order valence-electron chi connectivity index (χ1n) is 6.59. The van der Waals surface area contributed by atoms with Gasteiger partial charge in [0.25, 0.3) is 0 Å². The molecule has 2 aromatic heterocycles. The van der Waals surface area contributed by atoms with Crippen LogP contribution in [-0.4, -0.2) is 20.4 Å². The number of pyridine rings is 1. The van der Waals surface area contributed by atoms with Crippen molar-refractivity contribution in [2.45, 2.75) is 13.5 Å². The van der Waals surface area contributed by atoms with Crippen LogP contribution in [0.15, 0.2) is 35.3 Å². The summed E-state index contributed by atoms with van der Waals surface area (Å²) in [7, 11) is 0. The SMILES string of the molecule is Cc1cc(F)ccc1-c1cnc2[nH]c(=O)n(CC(N)=O)c2c1. The maximum atomic E-state index is 13.2. The summed E-state index contributed by atoms with van der Waals surface area (Å²) in [5.41, 5.74) is 7.83. The second-order valence-electron chi connectivity index (χ2n) is 5.03. The van der Waals surface area contributed by atoms with Crippen molar-refractivity contribution in [2.24, 2.45) is 5.73 Å². The van der Waals surface area contributed by atoms with E-state index >= 15 is 0 Å². The van der Waals surface area contributed by atoms with Gasteiger partial charge < -0.3 is 5.73 Å². The van der Waals surface area contributed by atoms with E-state index in [0.29, 0.717) is 11.2 Å². The van der Waals surface area contributed by atoms with Crippen molar-refractivity contribution in [1.29, 1.82) is 0 Å². The van der Waals surface area contributed by atoms with Gasteiger partial charge in [-0.3, -0.25) is 14.3 Å². The molecule has 0 radical (unpaired) electrons. The molecule has 0 spiro atoms. The molecule has 0 aliphatic heterocycles. The van der Waals surface area contributed by atoms with E-state index in [2.05, 4.69) is 9.97 Å². The van der Waals surface area contributed by atoms with Gasteiger partial charge in [-0.2, -0.15) is 0 Å². The number of aromatic amines is 1. The average molecular weight is 300 g/mol. The van der Waals surface area contributed by atoms with Gasteiger partial charge in [0.2, 0.25) is 5.91 Å². The van der Waals surface area contributed by atoms with Crippen LogP contribution >= 0.6 is 0 Å². The maximum absolute atomic E-state index is 13.2. The van der Waals surface area contributed by atoms with E-state index in [-0.39, 0.29) is 12.4 Å². The third-order valence-corrected chi connectivity index (χ3v) is 3.44. The first-order chi connectivity index (χ1) is 10.5. The number of halogens is 1. The number of amides is 1. The number of aryl methyl sites for hydroxylation is 1. The minimum atomic E-state index is -0.619. The predicted octanol–water partition coefficient (Wildman–Crippen LogP) is 1.32.